The fraction of sp³-hybridized carbons (Fsp3) is 0.0400. The molecular weight excluding hydrogens is 378 g/mol. The van der Waals surface area contributed by atoms with E-state index in [0.717, 1.165) is 5.56 Å². The maximum atomic E-state index is 9.95. The van der Waals surface area contributed by atoms with Gasteiger partial charge in [-0.3, -0.25) is 0 Å². The van der Waals surface area contributed by atoms with E-state index in [1.54, 1.807) is 0 Å². The molecule has 0 amide bonds. The van der Waals surface area contributed by atoms with Gasteiger partial charge in [-0.2, -0.15) is 0 Å². The number of aliphatic hydroxyl groups excluding tert-OH is 1. The van der Waals surface area contributed by atoms with Gasteiger partial charge in [-0.05, 0) is 0 Å². The van der Waals surface area contributed by atoms with Crippen molar-refractivity contribution in [2.75, 3.05) is 0 Å². The number of rotatable bonds is 6. The first-order chi connectivity index (χ1) is 13.8. The quantitative estimate of drug-likeness (QED) is 0.481. The number of hydrogen-bond acceptors (Lipinski definition) is 1. The molecule has 0 aliphatic heterocycles. The van der Waals surface area contributed by atoms with E-state index in [1.807, 2.05) is 12.1 Å². The van der Waals surface area contributed by atoms with Crippen LogP contribution in [0.3, 0.4) is 0 Å². The Kier molecular flexibility index (Phi) is 5.98. The van der Waals surface area contributed by atoms with Crippen molar-refractivity contribution in [3.8, 4) is 0 Å². The first-order valence-electron chi connectivity index (χ1n) is 9.48. The van der Waals surface area contributed by atoms with Crippen LogP contribution in [0.4, 0.5) is 0 Å². The summed E-state index contributed by atoms with van der Waals surface area (Å²) in [7, 11) is 0.583. The van der Waals surface area contributed by atoms with E-state index in [-0.39, 0.29) is 6.61 Å². The van der Waals surface area contributed by atoms with Gasteiger partial charge in [-0.1, -0.05) is 0 Å². The van der Waals surface area contributed by atoms with Crippen LogP contribution >= 0.6 is 15.2 Å². The number of benzene rings is 4. The molecule has 3 heteroatoms. The average molecular weight is 402 g/mol. The fourth-order valence-corrected chi connectivity index (χ4v) is 12.9. The van der Waals surface area contributed by atoms with Crippen LogP contribution < -0.4 is 21.2 Å². The normalized spacial score (nSPS) is 12.3. The van der Waals surface area contributed by atoms with E-state index >= 15 is 0 Å². The van der Waals surface area contributed by atoms with Crippen molar-refractivity contribution in [2.24, 2.45) is 0 Å². The standard InChI is InChI=1S/C25H24OP2/c26-20-21-12-10-11-19-25(21)27-28(22-13-4-1-5-14-22,23-15-6-2-7-16-23)24-17-8-3-9-18-24/h1-19,26-28H,20H2. The summed E-state index contributed by atoms with van der Waals surface area (Å²) in [4.78, 5) is 0. The first-order valence-corrected chi connectivity index (χ1v) is 13.5. The molecule has 4 rings (SSSR count). The average Bonchev–Trinajstić information content (AvgIpc) is 2.79. The zero-order valence-electron chi connectivity index (χ0n) is 15.6. The second-order valence-electron chi connectivity index (χ2n) is 6.79. The third kappa shape index (κ3) is 3.67. The molecule has 0 fully saturated rings. The van der Waals surface area contributed by atoms with Gasteiger partial charge in [-0.25, -0.2) is 0 Å². The Morgan fingerprint density at radius 1 is 0.536 bits per heavy atom. The molecule has 140 valence electrons. The molecule has 0 heterocycles. The van der Waals surface area contributed by atoms with Crippen LogP contribution in [0.15, 0.2) is 115 Å². The molecule has 1 atom stereocenters. The molecule has 0 aliphatic carbocycles. The molecule has 0 saturated carbocycles. The fourth-order valence-electron chi connectivity index (χ4n) is 3.76. The Morgan fingerprint density at radius 3 is 1.36 bits per heavy atom. The zero-order chi connectivity index (χ0) is 19.2. The van der Waals surface area contributed by atoms with E-state index in [4.69, 9.17) is 0 Å². The summed E-state index contributed by atoms with van der Waals surface area (Å²) in [6.07, 6.45) is 0. The third-order valence-electron chi connectivity index (χ3n) is 5.13. The summed E-state index contributed by atoms with van der Waals surface area (Å²) in [5, 5.41) is 15.4. The summed E-state index contributed by atoms with van der Waals surface area (Å²) in [5.74, 6) is 0. The number of hydrogen-bond donors (Lipinski definition) is 1. The summed E-state index contributed by atoms with van der Waals surface area (Å²) >= 11 is 0. The molecule has 0 radical (unpaired) electrons. The van der Waals surface area contributed by atoms with Gasteiger partial charge in [-0.15, -0.1) is 0 Å². The molecule has 1 unspecified atom stereocenters. The Morgan fingerprint density at radius 2 is 0.929 bits per heavy atom. The van der Waals surface area contributed by atoms with E-state index < -0.39 is 6.95 Å². The Bertz CT molecular complexity index is 921. The molecule has 4 aromatic carbocycles. The van der Waals surface area contributed by atoms with Crippen LogP contribution in [-0.2, 0) is 6.61 Å². The first kappa shape index (κ1) is 19.0. The van der Waals surface area contributed by atoms with Crippen molar-refractivity contribution in [2.45, 2.75) is 6.61 Å². The van der Waals surface area contributed by atoms with Crippen LogP contribution in [0.1, 0.15) is 5.56 Å². The van der Waals surface area contributed by atoms with Crippen molar-refractivity contribution in [3.05, 3.63) is 121 Å². The second kappa shape index (κ2) is 8.80. The Hall–Kier alpha value is -2.30. The second-order valence-corrected chi connectivity index (χ2v) is 13.8. The van der Waals surface area contributed by atoms with Crippen molar-refractivity contribution >= 4 is 36.4 Å². The monoisotopic (exact) mass is 402 g/mol. The molecule has 1 nitrogen and oxygen atoms in total. The summed E-state index contributed by atoms with van der Waals surface area (Å²) in [5.41, 5.74) is 1.03. The van der Waals surface area contributed by atoms with E-state index in [1.165, 1.54) is 21.2 Å². The van der Waals surface area contributed by atoms with Crippen LogP contribution in [-0.4, -0.2) is 5.11 Å². The Balaban J connectivity index is 2.01. The maximum absolute atomic E-state index is 9.95. The molecular formula is C25H24OP2. The van der Waals surface area contributed by atoms with Gasteiger partial charge in [0.05, 0.1) is 0 Å². The molecule has 0 saturated heterocycles. The minimum atomic E-state index is -2.30. The van der Waals surface area contributed by atoms with Gasteiger partial charge >= 0.3 is 169 Å². The topological polar surface area (TPSA) is 20.2 Å². The zero-order valence-corrected chi connectivity index (χ0v) is 17.6. The van der Waals surface area contributed by atoms with Crippen molar-refractivity contribution in [3.63, 3.8) is 0 Å². The SMILES string of the molecule is OCc1ccccc1P[PH](c1ccccc1)(c1ccccc1)c1ccccc1. The van der Waals surface area contributed by atoms with Crippen molar-refractivity contribution < 1.29 is 5.11 Å². The molecule has 1 N–H and O–H groups in total. The summed E-state index contributed by atoms with van der Waals surface area (Å²) < 4.78 is 0. The van der Waals surface area contributed by atoms with Crippen molar-refractivity contribution in [1.29, 1.82) is 0 Å². The van der Waals surface area contributed by atoms with Gasteiger partial charge < -0.3 is 0 Å². The van der Waals surface area contributed by atoms with E-state index in [0.29, 0.717) is 8.27 Å². The predicted octanol–water partition coefficient (Wildman–Crippen LogP) is 4.12. The van der Waals surface area contributed by atoms with Crippen LogP contribution in [0.2, 0.25) is 0 Å². The van der Waals surface area contributed by atoms with Gasteiger partial charge in [0.2, 0.25) is 0 Å². The van der Waals surface area contributed by atoms with Crippen molar-refractivity contribution in [1.82, 2.24) is 0 Å². The van der Waals surface area contributed by atoms with Crippen LogP contribution in [0.5, 0.6) is 0 Å². The number of aliphatic hydroxyl groups is 1. The third-order valence-corrected chi connectivity index (χ3v) is 14.4. The van der Waals surface area contributed by atoms with Gasteiger partial charge in [0.25, 0.3) is 0 Å². The molecule has 4 aromatic rings. The molecule has 28 heavy (non-hydrogen) atoms. The Labute approximate surface area is 169 Å². The molecule has 0 bridgehead atoms. The van der Waals surface area contributed by atoms with Gasteiger partial charge in [0, 0.05) is 0 Å². The van der Waals surface area contributed by atoms with Crippen LogP contribution in [0, 0.1) is 0 Å². The summed E-state index contributed by atoms with van der Waals surface area (Å²) in [6.45, 7) is -2.22. The molecule has 0 spiro atoms. The molecule has 0 aliphatic rings. The van der Waals surface area contributed by atoms with E-state index in [9.17, 15) is 5.11 Å². The van der Waals surface area contributed by atoms with Crippen LogP contribution in [0.25, 0.3) is 0 Å². The minimum absolute atomic E-state index is 0.0754. The predicted molar refractivity (Wildman–Crippen MR) is 127 cm³/mol. The van der Waals surface area contributed by atoms with E-state index in [2.05, 4.69) is 103 Å². The van der Waals surface area contributed by atoms with Gasteiger partial charge in [0.1, 0.15) is 0 Å². The summed E-state index contributed by atoms with van der Waals surface area (Å²) in [6, 6.07) is 41.1. The van der Waals surface area contributed by atoms with Gasteiger partial charge in [0.15, 0.2) is 0 Å². The molecule has 0 aromatic heterocycles.